The first-order valence-electron chi connectivity index (χ1n) is 7.49. The number of hydrogen-bond donors (Lipinski definition) is 1. The first-order valence-corrected chi connectivity index (χ1v) is 7.49. The molecule has 1 aromatic rings. The van der Waals surface area contributed by atoms with Crippen LogP contribution in [-0.4, -0.2) is 54.7 Å². The van der Waals surface area contributed by atoms with Crippen LogP contribution in [0.5, 0.6) is 0 Å². The van der Waals surface area contributed by atoms with E-state index in [4.69, 9.17) is 10.00 Å². The number of nitriles is 1. The molecular weight excluding hydrogens is 296 g/mol. The van der Waals surface area contributed by atoms with Crippen LogP contribution < -0.4 is 5.32 Å². The van der Waals surface area contributed by atoms with Crippen LogP contribution in [0.1, 0.15) is 18.1 Å². The Kier molecular flexibility index (Phi) is 4.03. The van der Waals surface area contributed by atoms with Gasteiger partial charge in [-0.3, -0.25) is 9.69 Å². The molecule has 0 aliphatic carbocycles. The number of benzene rings is 1. The molecule has 3 rings (SSSR count). The minimum Gasteiger partial charge on any atom is -0.379 e. The van der Waals surface area contributed by atoms with Crippen molar-refractivity contribution in [1.29, 1.82) is 5.26 Å². The smallest absolute Gasteiger partial charge is 0.326 e. The van der Waals surface area contributed by atoms with Gasteiger partial charge in [0.1, 0.15) is 5.54 Å². The molecule has 2 fully saturated rings. The van der Waals surface area contributed by atoms with E-state index >= 15 is 0 Å². The summed E-state index contributed by atoms with van der Waals surface area (Å²) in [5.74, 6) is -0.302. The van der Waals surface area contributed by atoms with E-state index in [-0.39, 0.29) is 12.6 Å². The maximum absolute atomic E-state index is 12.8. The van der Waals surface area contributed by atoms with Crippen molar-refractivity contribution in [3.05, 3.63) is 35.4 Å². The third kappa shape index (κ3) is 2.79. The van der Waals surface area contributed by atoms with Crippen LogP contribution in [-0.2, 0) is 15.1 Å². The van der Waals surface area contributed by atoms with E-state index in [0.29, 0.717) is 37.4 Å². The fraction of sp³-hybridized carbons (Fsp3) is 0.438. The number of carbonyl (C=O) groups excluding carboxylic acids is 2. The zero-order valence-corrected chi connectivity index (χ0v) is 12.9. The van der Waals surface area contributed by atoms with Crippen molar-refractivity contribution in [1.82, 2.24) is 15.1 Å². The Morgan fingerprint density at radius 2 is 2.09 bits per heavy atom. The van der Waals surface area contributed by atoms with Crippen molar-refractivity contribution in [2.45, 2.75) is 12.5 Å². The third-order valence-electron chi connectivity index (χ3n) is 4.29. The van der Waals surface area contributed by atoms with E-state index in [1.165, 1.54) is 4.90 Å². The highest BCUT2D eigenvalue weighted by atomic mass is 16.5. The van der Waals surface area contributed by atoms with Gasteiger partial charge in [-0.1, -0.05) is 12.1 Å². The number of rotatable bonds is 3. The molecule has 3 amide bonds. The van der Waals surface area contributed by atoms with Crippen molar-refractivity contribution in [2.75, 3.05) is 33.0 Å². The van der Waals surface area contributed by atoms with E-state index in [0.717, 1.165) is 0 Å². The second-order valence-electron chi connectivity index (χ2n) is 5.85. The van der Waals surface area contributed by atoms with E-state index < -0.39 is 11.6 Å². The van der Waals surface area contributed by atoms with Crippen LogP contribution >= 0.6 is 0 Å². The van der Waals surface area contributed by atoms with Crippen LogP contribution in [0.4, 0.5) is 4.79 Å². The number of morpholine rings is 1. The Morgan fingerprint density at radius 3 is 2.78 bits per heavy atom. The fourth-order valence-corrected chi connectivity index (χ4v) is 2.86. The van der Waals surface area contributed by atoms with Crippen molar-refractivity contribution in [3.8, 4) is 6.07 Å². The minimum absolute atomic E-state index is 0.252. The van der Waals surface area contributed by atoms with Crippen LogP contribution in [0.2, 0.25) is 0 Å². The Balaban J connectivity index is 1.83. The lowest BCUT2D eigenvalue weighted by molar-refractivity contribution is -0.133. The third-order valence-corrected chi connectivity index (χ3v) is 4.29. The summed E-state index contributed by atoms with van der Waals surface area (Å²) in [6, 6.07) is 8.40. The number of nitrogens with one attached hydrogen (secondary N) is 1. The Bertz CT molecular complexity index is 678. The minimum atomic E-state index is -1.14. The predicted molar refractivity (Wildman–Crippen MR) is 81.1 cm³/mol. The molecule has 2 aliphatic rings. The molecule has 1 atom stereocenters. The van der Waals surface area contributed by atoms with E-state index in [2.05, 4.69) is 11.4 Å². The highest BCUT2D eigenvalue weighted by Crippen LogP contribution is 2.29. The van der Waals surface area contributed by atoms with Gasteiger partial charge >= 0.3 is 6.03 Å². The molecule has 0 unspecified atom stereocenters. The maximum atomic E-state index is 12.8. The molecule has 7 heteroatoms. The number of ether oxygens (including phenoxy) is 1. The average molecular weight is 314 g/mol. The summed E-state index contributed by atoms with van der Waals surface area (Å²) in [5, 5.41) is 11.8. The van der Waals surface area contributed by atoms with Gasteiger partial charge in [0, 0.05) is 13.1 Å². The van der Waals surface area contributed by atoms with Crippen molar-refractivity contribution < 1.29 is 14.3 Å². The first kappa shape index (κ1) is 15.5. The van der Waals surface area contributed by atoms with Crippen LogP contribution in [0, 0.1) is 11.3 Å². The molecule has 2 saturated heterocycles. The second kappa shape index (κ2) is 5.99. The summed E-state index contributed by atoms with van der Waals surface area (Å²) in [6.45, 7) is 4.51. The Labute approximate surface area is 134 Å². The summed E-state index contributed by atoms with van der Waals surface area (Å²) in [6.07, 6.45) is 0. The van der Waals surface area contributed by atoms with Gasteiger partial charge in [-0.15, -0.1) is 0 Å². The number of imide groups is 1. The topological polar surface area (TPSA) is 85.7 Å². The normalized spacial score (nSPS) is 25.3. The SMILES string of the molecule is C[C@@]1(c2cccc(C#N)c2)NC(=O)N(CN2CCOCC2)C1=O. The monoisotopic (exact) mass is 314 g/mol. The maximum Gasteiger partial charge on any atom is 0.326 e. The molecule has 120 valence electrons. The summed E-state index contributed by atoms with van der Waals surface area (Å²) in [4.78, 5) is 28.3. The largest absolute Gasteiger partial charge is 0.379 e. The molecular formula is C16H18N4O3. The summed E-state index contributed by atoms with van der Waals surface area (Å²) >= 11 is 0. The van der Waals surface area contributed by atoms with Gasteiger partial charge in [0.25, 0.3) is 5.91 Å². The first-order chi connectivity index (χ1) is 11.0. The predicted octanol–water partition coefficient (Wildman–Crippen LogP) is 0.615. The number of carbonyl (C=O) groups is 2. The highest BCUT2D eigenvalue weighted by Gasteiger charge is 2.49. The molecule has 0 aromatic heterocycles. The van der Waals surface area contributed by atoms with Gasteiger partial charge in [0.05, 0.1) is 31.5 Å². The second-order valence-corrected chi connectivity index (χ2v) is 5.85. The lowest BCUT2D eigenvalue weighted by Crippen LogP contribution is -2.47. The molecule has 2 aliphatic heterocycles. The van der Waals surface area contributed by atoms with Gasteiger partial charge in [0.15, 0.2) is 0 Å². The molecule has 0 spiro atoms. The zero-order valence-electron chi connectivity index (χ0n) is 12.9. The Hall–Kier alpha value is -2.43. The van der Waals surface area contributed by atoms with Crippen LogP contribution in [0.25, 0.3) is 0 Å². The summed E-state index contributed by atoms with van der Waals surface area (Å²) in [7, 11) is 0. The number of urea groups is 1. The van der Waals surface area contributed by atoms with Gasteiger partial charge in [0.2, 0.25) is 0 Å². The van der Waals surface area contributed by atoms with Crippen LogP contribution in [0.3, 0.4) is 0 Å². The number of nitrogens with zero attached hydrogens (tertiary/aromatic N) is 3. The zero-order chi connectivity index (χ0) is 16.4. The number of amides is 3. The van der Waals surface area contributed by atoms with Gasteiger partial charge in [-0.05, 0) is 24.6 Å². The van der Waals surface area contributed by atoms with E-state index in [1.807, 2.05) is 4.90 Å². The molecule has 0 saturated carbocycles. The van der Waals surface area contributed by atoms with Crippen molar-refractivity contribution in [2.24, 2.45) is 0 Å². The molecule has 2 heterocycles. The van der Waals surface area contributed by atoms with Gasteiger partial charge < -0.3 is 10.1 Å². The highest BCUT2D eigenvalue weighted by molar-refractivity contribution is 6.07. The molecule has 7 nitrogen and oxygen atoms in total. The summed E-state index contributed by atoms with van der Waals surface area (Å²) in [5.41, 5.74) is -0.0762. The van der Waals surface area contributed by atoms with Crippen molar-refractivity contribution >= 4 is 11.9 Å². The van der Waals surface area contributed by atoms with Crippen LogP contribution in [0.15, 0.2) is 24.3 Å². The molecule has 1 aromatic carbocycles. The van der Waals surface area contributed by atoms with E-state index in [1.54, 1.807) is 31.2 Å². The molecule has 0 bridgehead atoms. The van der Waals surface area contributed by atoms with E-state index in [9.17, 15) is 9.59 Å². The fourth-order valence-electron chi connectivity index (χ4n) is 2.86. The quantitative estimate of drug-likeness (QED) is 0.827. The van der Waals surface area contributed by atoms with Gasteiger partial charge in [-0.2, -0.15) is 5.26 Å². The average Bonchev–Trinajstić information content (AvgIpc) is 2.80. The molecule has 1 N–H and O–H groups in total. The lowest BCUT2D eigenvalue weighted by atomic mass is 9.91. The summed E-state index contributed by atoms with van der Waals surface area (Å²) < 4.78 is 5.28. The number of hydrogen-bond acceptors (Lipinski definition) is 5. The lowest BCUT2D eigenvalue weighted by Gasteiger charge is -2.30. The van der Waals surface area contributed by atoms with Gasteiger partial charge in [-0.25, -0.2) is 9.69 Å². The van der Waals surface area contributed by atoms with Crippen molar-refractivity contribution in [3.63, 3.8) is 0 Å². The Morgan fingerprint density at radius 1 is 1.35 bits per heavy atom. The molecule has 0 radical (unpaired) electrons. The molecule has 23 heavy (non-hydrogen) atoms. The standard InChI is InChI=1S/C16H18N4O3/c1-16(13-4-2-3-12(9-13)10-17)14(21)20(15(22)18-16)11-19-5-7-23-8-6-19/h2-4,9H,5-8,11H2,1H3,(H,18,22)/t16-/m0/s1.